The van der Waals surface area contributed by atoms with Crippen LogP contribution in [0.1, 0.15) is 16.8 Å². The van der Waals surface area contributed by atoms with Crippen molar-refractivity contribution in [2.24, 2.45) is 0 Å². The number of amides is 1. The summed E-state index contributed by atoms with van der Waals surface area (Å²) in [4.78, 5) is 11.7. The van der Waals surface area contributed by atoms with Crippen LogP contribution in [0.5, 0.6) is 0 Å². The van der Waals surface area contributed by atoms with Gasteiger partial charge in [-0.3, -0.25) is 4.79 Å². The summed E-state index contributed by atoms with van der Waals surface area (Å²) in [5.41, 5.74) is 0.300. The van der Waals surface area contributed by atoms with E-state index in [-0.39, 0.29) is 29.4 Å². The van der Waals surface area contributed by atoms with Crippen LogP contribution in [-0.4, -0.2) is 25.0 Å². The Bertz CT molecular complexity index is 408. The molecule has 1 heterocycles. The van der Waals surface area contributed by atoms with Gasteiger partial charge in [-0.25, -0.2) is 4.39 Å². The zero-order valence-electron chi connectivity index (χ0n) is 9.00. The second-order valence-electron chi connectivity index (χ2n) is 3.79. The third-order valence-corrected chi connectivity index (χ3v) is 2.88. The van der Waals surface area contributed by atoms with Gasteiger partial charge in [0.2, 0.25) is 0 Å². The molecular weight excluding hydrogens is 266 g/mol. The highest BCUT2D eigenvalue weighted by Gasteiger charge is 2.17. The van der Waals surface area contributed by atoms with E-state index in [1.807, 2.05) is 0 Å². The van der Waals surface area contributed by atoms with Crippen molar-refractivity contribution in [2.75, 3.05) is 13.1 Å². The first-order valence-corrected chi connectivity index (χ1v) is 5.51. The molecule has 0 bridgehead atoms. The summed E-state index contributed by atoms with van der Waals surface area (Å²) in [6.45, 7) is 1.67. The molecule has 1 aromatic rings. The van der Waals surface area contributed by atoms with Gasteiger partial charge >= 0.3 is 0 Å². The monoisotopic (exact) mass is 278 g/mol. The van der Waals surface area contributed by atoms with E-state index in [9.17, 15) is 9.18 Å². The van der Waals surface area contributed by atoms with E-state index in [0.717, 1.165) is 25.6 Å². The summed E-state index contributed by atoms with van der Waals surface area (Å²) in [5.74, 6) is -0.830. The fourth-order valence-electron chi connectivity index (χ4n) is 1.68. The molecule has 0 aromatic heterocycles. The van der Waals surface area contributed by atoms with Gasteiger partial charge in [-0.1, -0.05) is 11.6 Å². The average Bonchev–Trinajstić information content (AvgIpc) is 2.74. The van der Waals surface area contributed by atoms with Crippen LogP contribution in [0.2, 0.25) is 5.02 Å². The highest BCUT2D eigenvalue weighted by Crippen LogP contribution is 2.15. The van der Waals surface area contributed by atoms with E-state index in [2.05, 4.69) is 10.6 Å². The van der Waals surface area contributed by atoms with Gasteiger partial charge in [0.1, 0.15) is 5.82 Å². The number of halogens is 3. The van der Waals surface area contributed by atoms with Gasteiger partial charge in [0.15, 0.2) is 0 Å². The standard InChI is InChI=1S/C11H12ClFN2O.ClH/c12-9-2-1-7(5-10(9)13)11(16)15-8-3-4-14-6-8;/h1-2,5,8,14H,3-4,6H2,(H,15,16);1H. The van der Waals surface area contributed by atoms with Crippen LogP contribution in [0.25, 0.3) is 0 Å². The molecular formula is C11H13Cl2FN2O. The molecule has 1 aliphatic rings. The molecule has 0 spiro atoms. The van der Waals surface area contributed by atoms with Crippen LogP contribution in [0.15, 0.2) is 18.2 Å². The summed E-state index contributed by atoms with van der Waals surface area (Å²) in [5, 5.41) is 6.00. The number of hydrogen-bond donors (Lipinski definition) is 2. The van der Waals surface area contributed by atoms with Crippen LogP contribution < -0.4 is 10.6 Å². The van der Waals surface area contributed by atoms with Crippen molar-refractivity contribution >= 4 is 29.9 Å². The Morgan fingerprint density at radius 3 is 2.88 bits per heavy atom. The number of hydrogen-bond acceptors (Lipinski definition) is 2. The van der Waals surface area contributed by atoms with Gasteiger partial charge < -0.3 is 10.6 Å². The van der Waals surface area contributed by atoms with Gasteiger partial charge in [0.05, 0.1) is 5.02 Å². The van der Waals surface area contributed by atoms with Crippen molar-refractivity contribution in [3.05, 3.63) is 34.6 Å². The SMILES string of the molecule is Cl.O=C(NC1CCNC1)c1ccc(Cl)c(F)c1. The van der Waals surface area contributed by atoms with Crippen molar-refractivity contribution in [3.63, 3.8) is 0 Å². The molecule has 1 atom stereocenters. The molecule has 1 amide bonds. The molecule has 1 saturated heterocycles. The predicted molar refractivity (Wildman–Crippen MR) is 67.4 cm³/mol. The first-order chi connectivity index (χ1) is 7.66. The molecule has 6 heteroatoms. The first kappa shape index (κ1) is 14.2. The quantitative estimate of drug-likeness (QED) is 0.869. The number of nitrogens with one attached hydrogen (secondary N) is 2. The summed E-state index contributed by atoms with van der Waals surface area (Å²) >= 11 is 5.54. The van der Waals surface area contributed by atoms with Crippen molar-refractivity contribution in [1.29, 1.82) is 0 Å². The second kappa shape index (κ2) is 6.19. The second-order valence-corrected chi connectivity index (χ2v) is 4.20. The van der Waals surface area contributed by atoms with Crippen molar-refractivity contribution in [3.8, 4) is 0 Å². The molecule has 1 unspecified atom stereocenters. The minimum Gasteiger partial charge on any atom is -0.348 e. The lowest BCUT2D eigenvalue weighted by Crippen LogP contribution is -2.36. The fourth-order valence-corrected chi connectivity index (χ4v) is 1.80. The van der Waals surface area contributed by atoms with E-state index in [1.54, 1.807) is 0 Å². The number of rotatable bonds is 2. The fraction of sp³-hybridized carbons (Fsp3) is 0.364. The molecule has 1 aromatic carbocycles. The zero-order chi connectivity index (χ0) is 11.5. The number of carbonyl (C=O) groups is 1. The Labute approximate surface area is 110 Å². The minimum atomic E-state index is -0.570. The maximum absolute atomic E-state index is 13.1. The van der Waals surface area contributed by atoms with E-state index >= 15 is 0 Å². The van der Waals surface area contributed by atoms with Crippen LogP contribution in [0.4, 0.5) is 4.39 Å². The predicted octanol–water partition coefficient (Wildman–Crippen LogP) is 1.99. The van der Waals surface area contributed by atoms with Gasteiger partial charge in [-0.2, -0.15) is 0 Å². The first-order valence-electron chi connectivity index (χ1n) is 5.13. The van der Waals surface area contributed by atoms with Crippen LogP contribution in [0.3, 0.4) is 0 Å². The molecule has 3 nitrogen and oxygen atoms in total. The molecule has 0 aliphatic carbocycles. The van der Waals surface area contributed by atoms with Crippen molar-refractivity contribution in [1.82, 2.24) is 10.6 Å². The molecule has 2 rings (SSSR count). The Balaban J connectivity index is 0.00000144. The average molecular weight is 279 g/mol. The molecule has 1 fully saturated rings. The summed E-state index contributed by atoms with van der Waals surface area (Å²) in [6, 6.07) is 4.19. The van der Waals surface area contributed by atoms with Crippen LogP contribution in [0, 0.1) is 5.82 Å². The lowest BCUT2D eigenvalue weighted by atomic mass is 10.2. The van der Waals surface area contributed by atoms with Crippen LogP contribution >= 0.6 is 24.0 Å². The number of benzene rings is 1. The molecule has 1 aliphatic heterocycles. The lowest BCUT2D eigenvalue weighted by molar-refractivity contribution is 0.0939. The molecule has 17 heavy (non-hydrogen) atoms. The van der Waals surface area contributed by atoms with Crippen molar-refractivity contribution in [2.45, 2.75) is 12.5 Å². The largest absolute Gasteiger partial charge is 0.348 e. The van der Waals surface area contributed by atoms with Gasteiger partial charge in [0, 0.05) is 18.2 Å². The van der Waals surface area contributed by atoms with E-state index < -0.39 is 5.82 Å². The maximum atomic E-state index is 13.1. The summed E-state index contributed by atoms with van der Waals surface area (Å²) < 4.78 is 13.1. The molecule has 0 saturated carbocycles. The molecule has 94 valence electrons. The van der Waals surface area contributed by atoms with E-state index in [0.29, 0.717) is 5.56 Å². The Hall–Kier alpha value is -0.840. The maximum Gasteiger partial charge on any atom is 0.251 e. The highest BCUT2D eigenvalue weighted by molar-refractivity contribution is 6.30. The van der Waals surface area contributed by atoms with Crippen molar-refractivity contribution < 1.29 is 9.18 Å². The van der Waals surface area contributed by atoms with Gasteiger partial charge in [0.25, 0.3) is 5.91 Å². The normalized spacial score (nSPS) is 18.6. The van der Waals surface area contributed by atoms with E-state index in [1.165, 1.54) is 12.1 Å². The Kier molecular flexibility index (Phi) is 5.18. The summed E-state index contributed by atoms with van der Waals surface area (Å²) in [7, 11) is 0. The summed E-state index contributed by atoms with van der Waals surface area (Å²) in [6.07, 6.45) is 0.905. The smallest absolute Gasteiger partial charge is 0.251 e. The zero-order valence-corrected chi connectivity index (χ0v) is 10.6. The highest BCUT2D eigenvalue weighted by atomic mass is 35.5. The molecule has 2 N–H and O–H groups in total. The third kappa shape index (κ3) is 3.56. The Morgan fingerprint density at radius 2 is 2.29 bits per heavy atom. The van der Waals surface area contributed by atoms with Gasteiger partial charge in [-0.15, -0.1) is 12.4 Å². The topological polar surface area (TPSA) is 41.1 Å². The number of carbonyl (C=O) groups excluding carboxylic acids is 1. The molecule has 0 radical (unpaired) electrons. The van der Waals surface area contributed by atoms with Crippen LogP contribution in [-0.2, 0) is 0 Å². The third-order valence-electron chi connectivity index (χ3n) is 2.58. The lowest BCUT2D eigenvalue weighted by Gasteiger charge is -2.11. The Morgan fingerprint density at radius 1 is 1.53 bits per heavy atom. The minimum absolute atomic E-state index is 0. The van der Waals surface area contributed by atoms with E-state index in [4.69, 9.17) is 11.6 Å². The van der Waals surface area contributed by atoms with Gasteiger partial charge in [-0.05, 0) is 31.2 Å².